The van der Waals surface area contributed by atoms with Crippen molar-refractivity contribution in [2.45, 2.75) is 19.9 Å². The maximum absolute atomic E-state index is 12.1. The van der Waals surface area contributed by atoms with Crippen molar-refractivity contribution in [3.63, 3.8) is 0 Å². The number of hydrogen-bond donors (Lipinski definition) is 1. The molecular formula is C13H22N2O3S. The number of nitrogens with one attached hydrogen (secondary N) is 1. The predicted octanol–water partition coefficient (Wildman–Crippen LogP) is 1.46. The minimum Gasteiger partial charge on any atom is -0.497 e. The molecule has 1 aromatic rings. The lowest BCUT2D eigenvalue weighted by molar-refractivity contribution is 0.415. The molecule has 0 saturated carbocycles. The van der Waals surface area contributed by atoms with Crippen LogP contribution in [0.3, 0.4) is 0 Å². The van der Waals surface area contributed by atoms with Gasteiger partial charge >= 0.3 is 0 Å². The van der Waals surface area contributed by atoms with Crippen molar-refractivity contribution in [2.24, 2.45) is 0 Å². The summed E-state index contributed by atoms with van der Waals surface area (Å²) in [4.78, 5) is 0. The van der Waals surface area contributed by atoms with Crippen LogP contribution in [0.4, 0.5) is 5.69 Å². The van der Waals surface area contributed by atoms with Crippen molar-refractivity contribution in [3.05, 3.63) is 24.3 Å². The molecule has 0 radical (unpaired) electrons. The smallest absolute Gasteiger partial charge is 0.236 e. The van der Waals surface area contributed by atoms with Crippen molar-refractivity contribution in [1.82, 2.24) is 5.32 Å². The van der Waals surface area contributed by atoms with Crippen LogP contribution in [-0.4, -0.2) is 40.9 Å². The van der Waals surface area contributed by atoms with Gasteiger partial charge in [0.05, 0.1) is 18.6 Å². The second kappa shape index (κ2) is 6.77. The number of sulfonamides is 1. The zero-order valence-corrected chi connectivity index (χ0v) is 12.7. The van der Waals surface area contributed by atoms with Gasteiger partial charge in [-0.15, -0.1) is 0 Å². The standard InChI is InChI=1S/C13H22N2O3S/c1-11(2)14-9-10-19(16,17)15(3)12-5-7-13(18-4)8-6-12/h5-8,11,14H,9-10H2,1-4H3. The van der Waals surface area contributed by atoms with Crippen molar-refractivity contribution in [2.75, 3.05) is 30.8 Å². The zero-order chi connectivity index (χ0) is 14.5. The second-order valence-corrected chi connectivity index (χ2v) is 6.71. The van der Waals surface area contributed by atoms with E-state index in [0.717, 1.165) is 0 Å². The highest BCUT2D eigenvalue weighted by Crippen LogP contribution is 2.20. The molecule has 19 heavy (non-hydrogen) atoms. The molecule has 1 rings (SSSR count). The highest BCUT2D eigenvalue weighted by Gasteiger charge is 2.18. The van der Waals surface area contributed by atoms with E-state index in [4.69, 9.17) is 4.74 Å². The van der Waals surface area contributed by atoms with Gasteiger partial charge in [0, 0.05) is 19.6 Å². The van der Waals surface area contributed by atoms with Gasteiger partial charge < -0.3 is 10.1 Å². The summed E-state index contributed by atoms with van der Waals surface area (Å²) in [6.45, 7) is 4.42. The van der Waals surface area contributed by atoms with Crippen molar-refractivity contribution in [3.8, 4) is 5.75 Å². The summed E-state index contributed by atoms with van der Waals surface area (Å²) in [7, 11) is -0.160. The molecule has 0 bridgehead atoms. The summed E-state index contributed by atoms with van der Waals surface area (Å²) in [5.74, 6) is 0.782. The molecule has 0 aliphatic rings. The van der Waals surface area contributed by atoms with Gasteiger partial charge in [0.1, 0.15) is 5.75 Å². The third kappa shape index (κ3) is 4.72. The van der Waals surface area contributed by atoms with E-state index in [1.54, 1.807) is 38.4 Å². The van der Waals surface area contributed by atoms with Gasteiger partial charge in [0.15, 0.2) is 0 Å². The molecule has 0 aromatic heterocycles. The van der Waals surface area contributed by atoms with Gasteiger partial charge in [0.25, 0.3) is 0 Å². The van der Waals surface area contributed by atoms with Crippen LogP contribution in [0.25, 0.3) is 0 Å². The minimum absolute atomic E-state index is 0.0771. The van der Waals surface area contributed by atoms with Crippen LogP contribution in [0.15, 0.2) is 24.3 Å². The van der Waals surface area contributed by atoms with Gasteiger partial charge in [-0.2, -0.15) is 0 Å². The molecule has 0 saturated heterocycles. The molecule has 0 fully saturated rings. The monoisotopic (exact) mass is 286 g/mol. The summed E-state index contributed by atoms with van der Waals surface area (Å²) >= 11 is 0. The zero-order valence-electron chi connectivity index (χ0n) is 11.9. The normalized spacial score (nSPS) is 11.6. The van der Waals surface area contributed by atoms with E-state index in [1.807, 2.05) is 13.8 Å². The van der Waals surface area contributed by atoms with Crippen LogP contribution in [0.1, 0.15) is 13.8 Å². The predicted molar refractivity (Wildman–Crippen MR) is 78.3 cm³/mol. The van der Waals surface area contributed by atoms with E-state index < -0.39 is 10.0 Å². The van der Waals surface area contributed by atoms with Gasteiger partial charge in [-0.25, -0.2) is 8.42 Å². The Kier molecular flexibility index (Phi) is 5.62. The number of nitrogens with zero attached hydrogens (tertiary/aromatic N) is 1. The maximum atomic E-state index is 12.1. The molecule has 0 aliphatic heterocycles. The molecule has 108 valence electrons. The van der Waals surface area contributed by atoms with Crippen LogP contribution >= 0.6 is 0 Å². The fourth-order valence-electron chi connectivity index (χ4n) is 1.57. The third-order valence-electron chi connectivity index (χ3n) is 2.77. The lowest BCUT2D eigenvalue weighted by Gasteiger charge is -2.20. The maximum Gasteiger partial charge on any atom is 0.236 e. The topological polar surface area (TPSA) is 58.6 Å². The molecule has 1 N–H and O–H groups in total. The second-order valence-electron chi connectivity index (χ2n) is 4.59. The Labute approximate surface area is 115 Å². The average molecular weight is 286 g/mol. The average Bonchev–Trinajstić information content (AvgIpc) is 2.37. The molecule has 0 atom stereocenters. The summed E-state index contributed by atoms with van der Waals surface area (Å²) in [6.07, 6.45) is 0. The SMILES string of the molecule is COc1ccc(N(C)S(=O)(=O)CCNC(C)C)cc1. The van der Waals surface area contributed by atoms with Crippen LogP contribution < -0.4 is 14.4 Å². The van der Waals surface area contributed by atoms with Crippen LogP contribution in [0, 0.1) is 0 Å². The molecule has 1 aromatic carbocycles. The van der Waals surface area contributed by atoms with Gasteiger partial charge in [-0.05, 0) is 24.3 Å². The number of methoxy groups -OCH3 is 1. The Morgan fingerprint density at radius 1 is 1.26 bits per heavy atom. The fourth-order valence-corrected chi connectivity index (χ4v) is 2.66. The Hall–Kier alpha value is -1.27. The third-order valence-corrected chi connectivity index (χ3v) is 4.53. The quantitative estimate of drug-likeness (QED) is 0.824. The summed E-state index contributed by atoms with van der Waals surface area (Å²) < 4.78 is 30.6. The molecule has 6 heteroatoms. The highest BCUT2D eigenvalue weighted by molar-refractivity contribution is 7.92. The number of hydrogen-bond acceptors (Lipinski definition) is 4. The van der Waals surface area contributed by atoms with Crippen LogP contribution in [0.2, 0.25) is 0 Å². The first kappa shape index (κ1) is 15.8. The molecule has 5 nitrogen and oxygen atoms in total. The Bertz CT molecular complexity index is 483. The van der Waals surface area contributed by atoms with Crippen LogP contribution in [0.5, 0.6) is 5.75 Å². The fraction of sp³-hybridized carbons (Fsp3) is 0.538. The van der Waals surface area contributed by atoms with E-state index in [-0.39, 0.29) is 11.8 Å². The lowest BCUT2D eigenvalue weighted by atomic mass is 10.3. The van der Waals surface area contributed by atoms with E-state index in [2.05, 4.69) is 5.32 Å². The largest absolute Gasteiger partial charge is 0.497 e. The molecular weight excluding hydrogens is 264 g/mol. The Balaban J connectivity index is 2.71. The van der Waals surface area contributed by atoms with Gasteiger partial charge in [-0.1, -0.05) is 13.8 Å². The Morgan fingerprint density at radius 2 is 1.84 bits per heavy atom. The highest BCUT2D eigenvalue weighted by atomic mass is 32.2. The first-order valence-electron chi connectivity index (χ1n) is 6.21. The number of benzene rings is 1. The molecule has 0 heterocycles. The number of anilines is 1. The van der Waals surface area contributed by atoms with Crippen LogP contribution in [-0.2, 0) is 10.0 Å². The van der Waals surface area contributed by atoms with Crippen molar-refractivity contribution in [1.29, 1.82) is 0 Å². The first-order valence-corrected chi connectivity index (χ1v) is 7.82. The first-order chi connectivity index (χ1) is 8.86. The Morgan fingerprint density at radius 3 is 2.32 bits per heavy atom. The number of rotatable bonds is 7. The molecule has 0 unspecified atom stereocenters. The van der Waals surface area contributed by atoms with E-state index >= 15 is 0 Å². The van der Waals surface area contributed by atoms with E-state index in [1.165, 1.54) is 4.31 Å². The van der Waals surface area contributed by atoms with Gasteiger partial charge in [0.2, 0.25) is 10.0 Å². The molecule has 0 spiro atoms. The summed E-state index contributed by atoms with van der Waals surface area (Å²) in [6, 6.07) is 7.22. The summed E-state index contributed by atoms with van der Waals surface area (Å²) in [5.41, 5.74) is 0.630. The van der Waals surface area contributed by atoms with E-state index in [9.17, 15) is 8.42 Å². The minimum atomic E-state index is -3.30. The van der Waals surface area contributed by atoms with Crippen molar-refractivity contribution < 1.29 is 13.2 Å². The van der Waals surface area contributed by atoms with E-state index in [0.29, 0.717) is 18.0 Å². The number of ether oxygens (including phenoxy) is 1. The van der Waals surface area contributed by atoms with Crippen molar-refractivity contribution >= 4 is 15.7 Å². The van der Waals surface area contributed by atoms with Gasteiger partial charge in [-0.3, -0.25) is 4.31 Å². The molecule has 0 aliphatic carbocycles. The lowest BCUT2D eigenvalue weighted by Crippen LogP contribution is -2.35. The molecule has 0 amide bonds. The summed E-state index contributed by atoms with van der Waals surface area (Å²) in [5, 5.41) is 3.10.